The summed E-state index contributed by atoms with van der Waals surface area (Å²) < 4.78 is 21.7. The van der Waals surface area contributed by atoms with Crippen LogP contribution in [0.3, 0.4) is 0 Å². The number of nitrogens with one attached hydrogen (secondary N) is 1. The van der Waals surface area contributed by atoms with Crippen molar-refractivity contribution in [3.8, 4) is 23.0 Å². The van der Waals surface area contributed by atoms with Gasteiger partial charge in [-0.25, -0.2) is 0 Å². The largest absolute Gasteiger partial charge is 0.493 e. The van der Waals surface area contributed by atoms with Crippen LogP contribution in [0.15, 0.2) is 97.1 Å². The molecule has 1 heterocycles. The van der Waals surface area contributed by atoms with Crippen LogP contribution in [0, 0.1) is 0 Å². The molecule has 0 saturated heterocycles. The predicted molar refractivity (Wildman–Crippen MR) is 154 cm³/mol. The Morgan fingerprint density at radius 1 is 0.780 bits per heavy atom. The molecule has 0 radical (unpaired) electrons. The Bertz CT molecular complexity index is 1490. The summed E-state index contributed by atoms with van der Waals surface area (Å²) in [6.07, 6.45) is 0.0754. The van der Waals surface area contributed by atoms with Crippen LogP contribution in [0.25, 0.3) is 0 Å². The smallest absolute Gasteiger partial charge is 0.247 e. The second kappa shape index (κ2) is 12.9. The van der Waals surface area contributed by atoms with Gasteiger partial charge < -0.3 is 29.2 Å². The zero-order valence-corrected chi connectivity index (χ0v) is 23.0. The second-order valence-electron chi connectivity index (χ2n) is 9.59. The van der Waals surface area contributed by atoms with Crippen LogP contribution >= 0.6 is 0 Å². The van der Waals surface area contributed by atoms with Gasteiger partial charge in [-0.2, -0.15) is 0 Å². The molecule has 1 aliphatic rings. The SMILES string of the molecule is COc1ccc(CC(=O)N(Cc2ccccc2)[C@@H](C(=O)NCc2ccc3c(c2)OCO3)c2ccccc2)cc1OC. The van der Waals surface area contributed by atoms with Gasteiger partial charge in [-0.3, -0.25) is 9.59 Å². The van der Waals surface area contributed by atoms with Gasteiger partial charge in [0, 0.05) is 13.1 Å². The molecule has 1 atom stereocenters. The maximum absolute atomic E-state index is 14.0. The van der Waals surface area contributed by atoms with Crippen molar-refractivity contribution in [2.24, 2.45) is 0 Å². The average Bonchev–Trinajstić information content (AvgIpc) is 3.49. The lowest BCUT2D eigenvalue weighted by Crippen LogP contribution is -2.43. The van der Waals surface area contributed by atoms with Crippen LogP contribution in [-0.4, -0.2) is 37.7 Å². The average molecular weight is 553 g/mol. The second-order valence-corrected chi connectivity index (χ2v) is 9.59. The van der Waals surface area contributed by atoms with Crippen LogP contribution < -0.4 is 24.3 Å². The highest BCUT2D eigenvalue weighted by Crippen LogP contribution is 2.33. The van der Waals surface area contributed by atoms with Crippen molar-refractivity contribution in [3.63, 3.8) is 0 Å². The van der Waals surface area contributed by atoms with Gasteiger partial charge in [0.2, 0.25) is 18.6 Å². The van der Waals surface area contributed by atoms with Gasteiger partial charge >= 0.3 is 0 Å². The summed E-state index contributed by atoms with van der Waals surface area (Å²) in [6.45, 7) is 0.698. The van der Waals surface area contributed by atoms with E-state index in [-0.39, 0.29) is 38.1 Å². The minimum absolute atomic E-state index is 0.0754. The van der Waals surface area contributed by atoms with E-state index in [1.807, 2.05) is 84.9 Å². The molecule has 2 amide bonds. The first-order chi connectivity index (χ1) is 20.1. The zero-order chi connectivity index (χ0) is 28.6. The van der Waals surface area contributed by atoms with Crippen LogP contribution in [0.4, 0.5) is 0 Å². The molecule has 4 aromatic carbocycles. The van der Waals surface area contributed by atoms with Crippen LogP contribution in [0.2, 0.25) is 0 Å². The van der Waals surface area contributed by atoms with Crippen LogP contribution in [0.1, 0.15) is 28.3 Å². The first-order valence-electron chi connectivity index (χ1n) is 13.3. The van der Waals surface area contributed by atoms with Crippen molar-refractivity contribution in [2.75, 3.05) is 21.0 Å². The molecule has 5 rings (SSSR count). The molecule has 1 N–H and O–H groups in total. The number of amides is 2. The number of methoxy groups -OCH3 is 2. The van der Waals surface area contributed by atoms with Gasteiger partial charge in [-0.05, 0) is 46.5 Å². The predicted octanol–water partition coefficient (Wildman–Crippen LogP) is 5.06. The molecular formula is C33H32N2O6. The van der Waals surface area contributed by atoms with Crippen molar-refractivity contribution >= 4 is 11.8 Å². The fraction of sp³-hybridized carbons (Fsp3) is 0.212. The lowest BCUT2D eigenvalue weighted by Gasteiger charge is -2.32. The lowest BCUT2D eigenvalue weighted by molar-refractivity contribution is -0.141. The first kappa shape index (κ1) is 27.6. The molecule has 1 aliphatic heterocycles. The number of nitrogens with zero attached hydrogens (tertiary/aromatic N) is 1. The molecule has 0 bridgehead atoms. The molecule has 4 aromatic rings. The number of benzene rings is 4. The molecular weight excluding hydrogens is 520 g/mol. The minimum Gasteiger partial charge on any atom is -0.493 e. The van der Waals surface area contributed by atoms with Crippen molar-refractivity contribution in [1.29, 1.82) is 0 Å². The van der Waals surface area contributed by atoms with Gasteiger partial charge in [0.1, 0.15) is 6.04 Å². The molecule has 41 heavy (non-hydrogen) atoms. The Labute approximate surface area is 239 Å². The number of carbonyl (C=O) groups is 2. The maximum Gasteiger partial charge on any atom is 0.247 e. The summed E-state index contributed by atoms with van der Waals surface area (Å²) in [4.78, 5) is 29.6. The monoisotopic (exact) mass is 552 g/mol. The van der Waals surface area contributed by atoms with E-state index in [1.54, 1.807) is 31.3 Å². The molecule has 0 fully saturated rings. The van der Waals surface area contributed by atoms with E-state index in [0.29, 0.717) is 28.6 Å². The standard InChI is InChI=1S/C33H32N2O6/c1-38-27-15-13-24(17-29(27)39-2)19-31(36)35(21-23-9-5-3-6-10-23)32(26-11-7-4-8-12-26)33(37)34-20-25-14-16-28-30(18-25)41-22-40-28/h3-18,32H,19-22H2,1-2H3,(H,34,37)/t32-/m1/s1. The lowest BCUT2D eigenvalue weighted by atomic mass is 10.0. The van der Waals surface area contributed by atoms with E-state index in [1.165, 1.54) is 0 Å². The van der Waals surface area contributed by atoms with E-state index < -0.39 is 6.04 Å². The highest BCUT2D eigenvalue weighted by Gasteiger charge is 2.31. The first-order valence-corrected chi connectivity index (χ1v) is 13.3. The molecule has 0 spiro atoms. The molecule has 0 unspecified atom stereocenters. The highest BCUT2D eigenvalue weighted by molar-refractivity contribution is 5.89. The number of ether oxygens (including phenoxy) is 4. The van der Waals surface area contributed by atoms with Crippen molar-refractivity contribution in [2.45, 2.75) is 25.6 Å². The van der Waals surface area contributed by atoms with E-state index in [9.17, 15) is 9.59 Å². The van der Waals surface area contributed by atoms with E-state index in [0.717, 1.165) is 16.7 Å². The van der Waals surface area contributed by atoms with Gasteiger partial charge in [0.15, 0.2) is 23.0 Å². The Balaban J connectivity index is 1.44. The Morgan fingerprint density at radius 3 is 2.20 bits per heavy atom. The fourth-order valence-corrected chi connectivity index (χ4v) is 4.82. The Hall–Kier alpha value is -4.98. The summed E-state index contributed by atoms with van der Waals surface area (Å²) in [7, 11) is 3.12. The Morgan fingerprint density at radius 2 is 1.46 bits per heavy atom. The molecule has 210 valence electrons. The van der Waals surface area contributed by atoms with E-state index in [4.69, 9.17) is 18.9 Å². The summed E-state index contributed by atoms with van der Waals surface area (Å²) in [5.41, 5.74) is 3.24. The van der Waals surface area contributed by atoms with Crippen molar-refractivity contribution in [3.05, 3.63) is 119 Å². The molecule has 8 nitrogen and oxygen atoms in total. The third-order valence-electron chi connectivity index (χ3n) is 6.90. The normalized spacial score (nSPS) is 12.3. The molecule has 0 saturated carbocycles. The van der Waals surface area contributed by atoms with Crippen LogP contribution in [-0.2, 0) is 29.1 Å². The quantitative estimate of drug-likeness (QED) is 0.280. The van der Waals surface area contributed by atoms with Gasteiger partial charge in [-0.1, -0.05) is 72.8 Å². The summed E-state index contributed by atoms with van der Waals surface area (Å²) in [5.74, 6) is 1.95. The van der Waals surface area contributed by atoms with Gasteiger partial charge in [0.25, 0.3) is 0 Å². The fourth-order valence-electron chi connectivity index (χ4n) is 4.82. The zero-order valence-electron chi connectivity index (χ0n) is 23.0. The minimum atomic E-state index is -0.863. The number of fused-ring (bicyclic) bond motifs is 1. The maximum atomic E-state index is 14.0. The number of rotatable bonds is 11. The van der Waals surface area contributed by atoms with Crippen molar-refractivity contribution < 1.29 is 28.5 Å². The summed E-state index contributed by atoms with van der Waals surface area (Å²) in [6, 6.07) is 29.1. The van der Waals surface area contributed by atoms with Gasteiger partial charge in [0.05, 0.1) is 20.6 Å². The number of carbonyl (C=O) groups excluding carboxylic acids is 2. The third kappa shape index (κ3) is 6.61. The molecule has 0 aromatic heterocycles. The molecule has 8 heteroatoms. The Kier molecular flexibility index (Phi) is 8.69. The van der Waals surface area contributed by atoms with Crippen molar-refractivity contribution in [1.82, 2.24) is 10.2 Å². The summed E-state index contributed by atoms with van der Waals surface area (Å²) >= 11 is 0. The van der Waals surface area contributed by atoms with E-state index >= 15 is 0 Å². The summed E-state index contributed by atoms with van der Waals surface area (Å²) in [5, 5.41) is 3.04. The topological polar surface area (TPSA) is 86.3 Å². The van der Waals surface area contributed by atoms with Crippen LogP contribution in [0.5, 0.6) is 23.0 Å². The highest BCUT2D eigenvalue weighted by atomic mass is 16.7. The van der Waals surface area contributed by atoms with Gasteiger partial charge in [-0.15, -0.1) is 0 Å². The van der Waals surface area contributed by atoms with E-state index in [2.05, 4.69) is 5.32 Å². The third-order valence-corrected chi connectivity index (χ3v) is 6.90. The number of hydrogen-bond donors (Lipinski definition) is 1. The molecule has 0 aliphatic carbocycles. The number of hydrogen-bond acceptors (Lipinski definition) is 6.